The van der Waals surface area contributed by atoms with Crippen molar-refractivity contribution >= 4 is 44.6 Å². The predicted octanol–water partition coefficient (Wildman–Crippen LogP) is 3.34. The lowest BCUT2D eigenvalue weighted by Gasteiger charge is -2.09. The molecule has 1 saturated carbocycles. The maximum absolute atomic E-state index is 12.4. The minimum Gasteiger partial charge on any atom is -0.326 e. The second-order valence-corrected chi connectivity index (χ2v) is 8.63. The molecule has 0 spiro atoms. The number of hydrogen-bond donors (Lipinski definition) is 2. The Bertz CT molecular complexity index is 967. The lowest BCUT2D eigenvalue weighted by atomic mass is 10.2. The smallest absolute Gasteiger partial charge is 0.257 e. The fraction of sp³-hybridized carbons (Fsp3) is 0.222. The number of hydrogen-bond acceptors (Lipinski definition) is 4. The molecule has 0 aromatic heterocycles. The summed E-state index contributed by atoms with van der Waals surface area (Å²) >= 11 is 6.02. The molecule has 0 bridgehead atoms. The molecule has 2 aromatic rings. The standard InChI is InChI=1S/C18H17ClN2O4S/c1-26(24,25)14-8-9-16(19)15(10-14)18(23)21-13-6-4-12(5-7-13)20-17(22)11-2-3-11/h4-11H,2-3H2,1H3,(H,20,22)(H,21,23). The van der Waals surface area contributed by atoms with E-state index in [-0.39, 0.29) is 27.3 Å². The molecule has 0 heterocycles. The minimum atomic E-state index is -3.45. The van der Waals surface area contributed by atoms with Crippen LogP contribution in [0, 0.1) is 5.92 Å². The van der Waals surface area contributed by atoms with Crippen LogP contribution in [0.15, 0.2) is 47.4 Å². The topological polar surface area (TPSA) is 92.3 Å². The Labute approximate surface area is 156 Å². The number of rotatable bonds is 5. The number of carbonyl (C=O) groups is 2. The third-order valence-corrected chi connectivity index (χ3v) is 5.41. The summed E-state index contributed by atoms with van der Waals surface area (Å²) in [5.74, 6) is -0.403. The number of sulfone groups is 1. The molecule has 0 atom stereocenters. The van der Waals surface area contributed by atoms with Crippen molar-refractivity contribution in [2.45, 2.75) is 17.7 Å². The maximum Gasteiger partial charge on any atom is 0.257 e. The average molecular weight is 393 g/mol. The fourth-order valence-electron chi connectivity index (χ4n) is 2.33. The van der Waals surface area contributed by atoms with Gasteiger partial charge in [0.1, 0.15) is 0 Å². The van der Waals surface area contributed by atoms with Crippen LogP contribution in [-0.4, -0.2) is 26.5 Å². The summed E-state index contributed by atoms with van der Waals surface area (Å²) in [7, 11) is -3.45. The van der Waals surface area contributed by atoms with E-state index in [1.165, 1.54) is 18.2 Å². The third-order valence-electron chi connectivity index (χ3n) is 3.97. The van der Waals surface area contributed by atoms with Crippen molar-refractivity contribution in [1.82, 2.24) is 0 Å². The summed E-state index contributed by atoms with van der Waals surface area (Å²) in [4.78, 5) is 24.2. The van der Waals surface area contributed by atoms with Crippen molar-refractivity contribution in [3.05, 3.63) is 53.1 Å². The van der Waals surface area contributed by atoms with Gasteiger partial charge in [0.05, 0.1) is 15.5 Å². The molecular weight excluding hydrogens is 376 g/mol. The Morgan fingerprint density at radius 1 is 1.00 bits per heavy atom. The molecule has 0 unspecified atom stereocenters. The first-order chi connectivity index (χ1) is 12.2. The van der Waals surface area contributed by atoms with Crippen molar-refractivity contribution in [3.8, 4) is 0 Å². The normalized spacial score (nSPS) is 13.9. The molecule has 0 saturated heterocycles. The SMILES string of the molecule is CS(=O)(=O)c1ccc(Cl)c(C(=O)Nc2ccc(NC(=O)C3CC3)cc2)c1. The molecule has 1 aliphatic rings. The van der Waals surface area contributed by atoms with Gasteiger partial charge in [-0.1, -0.05) is 11.6 Å². The van der Waals surface area contributed by atoms with Gasteiger partial charge >= 0.3 is 0 Å². The van der Waals surface area contributed by atoms with Crippen molar-refractivity contribution in [2.24, 2.45) is 5.92 Å². The minimum absolute atomic E-state index is 0.00570. The molecule has 3 rings (SSSR count). The predicted molar refractivity (Wildman–Crippen MR) is 100 cm³/mol. The van der Waals surface area contributed by atoms with Crippen LogP contribution in [0.2, 0.25) is 5.02 Å². The van der Waals surface area contributed by atoms with Gasteiger partial charge < -0.3 is 10.6 Å². The van der Waals surface area contributed by atoms with E-state index in [1.807, 2.05) is 0 Å². The van der Waals surface area contributed by atoms with E-state index in [0.29, 0.717) is 11.4 Å². The van der Waals surface area contributed by atoms with Gasteiger partial charge in [-0.3, -0.25) is 9.59 Å². The average Bonchev–Trinajstić information content (AvgIpc) is 3.41. The summed E-state index contributed by atoms with van der Waals surface area (Å²) in [5.41, 5.74) is 1.22. The highest BCUT2D eigenvalue weighted by molar-refractivity contribution is 7.90. The summed E-state index contributed by atoms with van der Waals surface area (Å²) in [5, 5.41) is 5.63. The summed E-state index contributed by atoms with van der Waals surface area (Å²) in [6.07, 6.45) is 2.91. The Morgan fingerprint density at radius 2 is 1.58 bits per heavy atom. The molecule has 2 aromatic carbocycles. The zero-order valence-electron chi connectivity index (χ0n) is 14.0. The molecule has 8 heteroatoms. The highest BCUT2D eigenvalue weighted by Gasteiger charge is 2.29. The molecule has 136 valence electrons. The van der Waals surface area contributed by atoms with Crippen LogP contribution in [-0.2, 0) is 14.6 Å². The number of nitrogens with one attached hydrogen (secondary N) is 2. The van der Waals surface area contributed by atoms with Crippen molar-refractivity contribution in [2.75, 3.05) is 16.9 Å². The van der Waals surface area contributed by atoms with Gasteiger partial charge in [-0.25, -0.2) is 8.42 Å². The molecule has 0 aliphatic heterocycles. The lowest BCUT2D eigenvalue weighted by molar-refractivity contribution is -0.117. The molecule has 1 fully saturated rings. The van der Waals surface area contributed by atoms with E-state index in [1.54, 1.807) is 24.3 Å². The summed E-state index contributed by atoms with van der Waals surface area (Å²) in [6, 6.07) is 10.6. The van der Waals surface area contributed by atoms with Gasteiger partial charge in [-0.05, 0) is 55.3 Å². The largest absolute Gasteiger partial charge is 0.326 e. The van der Waals surface area contributed by atoms with Crippen LogP contribution in [0.5, 0.6) is 0 Å². The maximum atomic E-state index is 12.4. The van der Waals surface area contributed by atoms with Gasteiger partial charge in [-0.15, -0.1) is 0 Å². The quantitative estimate of drug-likeness (QED) is 0.816. The highest BCUT2D eigenvalue weighted by atomic mass is 35.5. The highest BCUT2D eigenvalue weighted by Crippen LogP contribution is 2.30. The number of halogens is 1. The van der Waals surface area contributed by atoms with Gasteiger partial charge in [0, 0.05) is 23.5 Å². The van der Waals surface area contributed by atoms with Gasteiger partial charge in [0.15, 0.2) is 9.84 Å². The molecule has 0 radical (unpaired) electrons. The molecule has 2 amide bonds. The van der Waals surface area contributed by atoms with Crippen LogP contribution in [0.25, 0.3) is 0 Å². The number of carbonyl (C=O) groups excluding carboxylic acids is 2. The van der Waals surface area contributed by atoms with Crippen molar-refractivity contribution < 1.29 is 18.0 Å². The molecular formula is C18H17ClN2O4S. The van der Waals surface area contributed by atoms with Crippen LogP contribution in [0.4, 0.5) is 11.4 Å². The monoisotopic (exact) mass is 392 g/mol. The molecule has 1 aliphatic carbocycles. The third kappa shape index (κ3) is 4.42. The summed E-state index contributed by atoms with van der Waals surface area (Å²) in [6.45, 7) is 0. The second-order valence-electron chi connectivity index (χ2n) is 6.21. The van der Waals surface area contributed by atoms with E-state index < -0.39 is 15.7 Å². The number of amides is 2. The van der Waals surface area contributed by atoms with E-state index in [0.717, 1.165) is 19.1 Å². The van der Waals surface area contributed by atoms with Crippen LogP contribution < -0.4 is 10.6 Å². The lowest BCUT2D eigenvalue weighted by Crippen LogP contribution is -2.14. The fourth-order valence-corrected chi connectivity index (χ4v) is 3.18. The second kappa shape index (κ2) is 7.09. The van der Waals surface area contributed by atoms with E-state index >= 15 is 0 Å². The molecule has 6 nitrogen and oxygen atoms in total. The van der Waals surface area contributed by atoms with Gasteiger partial charge in [0.25, 0.3) is 5.91 Å². The molecule has 26 heavy (non-hydrogen) atoms. The Kier molecular flexibility index (Phi) is 5.02. The van der Waals surface area contributed by atoms with E-state index in [2.05, 4.69) is 10.6 Å². The molecule has 2 N–H and O–H groups in total. The number of anilines is 2. The van der Waals surface area contributed by atoms with Gasteiger partial charge in [0.2, 0.25) is 5.91 Å². The van der Waals surface area contributed by atoms with Crippen LogP contribution in [0.1, 0.15) is 23.2 Å². The first-order valence-electron chi connectivity index (χ1n) is 7.96. The Hall–Kier alpha value is -2.38. The van der Waals surface area contributed by atoms with E-state index in [9.17, 15) is 18.0 Å². The first-order valence-corrected chi connectivity index (χ1v) is 10.2. The Balaban J connectivity index is 1.72. The van der Waals surface area contributed by atoms with Crippen LogP contribution in [0.3, 0.4) is 0 Å². The Morgan fingerprint density at radius 3 is 2.12 bits per heavy atom. The van der Waals surface area contributed by atoms with E-state index in [4.69, 9.17) is 11.6 Å². The zero-order valence-corrected chi connectivity index (χ0v) is 15.5. The first kappa shape index (κ1) is 18.4. The van der Waals surface area contributed by atoms with Crippen LogP contribution >= 0.6 is 11.6 Å². The summed E-state index contributed by atoms with van der Waals surface area (Å²) < 4.78 is 23.3. The van der Waals surface area contributed by atoms with Crippen molar-refractivity contribution in [3.63, 3.8) is 0 Å². The van der Waals surface area contributed by atoms with Crippen molar-refractivity contribution in [1.29, 1.82) is 0 Å². The zero-order chi connectivity index (χ0) is 18.9. The van der Waals surface area contributed by atoms with Gasteiger partial charge in [-0.2, -0.15) is 0 Å². The number of benzene rings is 2.